The van der Waals surface area contributed by atoms with Crippen LogP contribution in [0, 0.1) is 6.92 Å². The van der Waals surface area contributed by atoms with Gasteiger partial charge in [0.05, 0.1) is 33.6 Å². The number of hydrogen-bond acceptors (Lipinski definition) is 5. The first kappa shape index (κ1) is 20.8. The predicted molar refractivity (Wildman–Crippen MR) is 125 cm³/mol. The van der Waals surface area contributed by atoms with Crippen LogP contribution in [0.2, 0.25) is 5.02 Å². The maximum absolute atomic E-state index is 13.5. The van der Waals surface area contributed by atoms with Crippen LogP contribution in [0.3, 0.4) is 0 Å². The zero-order valence-corrected chi connectivity index (χ0v) is 18.3. The third-order valence-corrected chi connectivity index (χ3v) is 5.81. The number of para-hydroxylation sites is 2. The van der Waals surface area contributed by atoms with Crippen LogP contribution >= 0.6 is 11.6 Å². The first-order valence-corrected chi connectivity index (χ1v) is 10.6. The third kappa shape index (κ3) is 3.54. The van der Waals surface area contributed by atoms with Gasteiger partial charge in [-0.2, -0.15) is 0 Å². The number of ether oxygens (including phenoxy) is 1. The standard InChI is InChI=1S/C26H17ClN2O4/c1-15-22-23(18-6-2-4-8-20(18)28-15)25(31)29(24(22)30)21-9-5-3-7-19(21)26(32)33-14-16-10-12-17(27)13-11-16/h2-13H,14H2,1H3. The molecule has 0 spiro atoms. The van der Waals surface area contributed by atoms with Crippen LogP contribution in [0.25, 0.3) is 10.9 Å². The molecule has 0 radical (unpaired) electrons. The van der Waals surface area contributed by atoms with Gasteiger partial charge in [0.2, 0.25) is 0 Å². The third-order valence-electron chi connectivity index (χ3n) is 5.56. The smallest absolute Gasteiger partial charge is 0.340 e. The van der Waals surface area contributed by atoms with E-state index in [1.807, 2.05) is 6.07 Å². The summed E-state index contributed by atoms with van der Waals surface area (Å²) in [5.74, 6) is -1.64. The van der Waals surface area contributed by atoms with Gasteiger partial charge >= 0.3 is 5.97 Å². The summed E-state index contributed by atoms with van der Waals surface area (Å²) in [6, 6.07) is 20.5. The summed E-state index contributed by atoms with van der Waals surface area (Å²) in [4.78, 5) is 45.3. The van der Waals surface area contributed by atoms with Crippen molar-refractivity contribution in [2.75, 3.05) is 4.90 Å². The Hall–Kier alpha value is -4.03. The Morgan fingerprint density at radius 3 is 2.36 bits per heavy atom. The van der Waals surface area contributed by atoms with Crippen molar-refractivity contribution in [3.05, 3.63) is 106 Å². The molecule has 6 nitrogen and oxygen atoms in total. The van der Waals surface area contributed by atoms with Gasteiger partial charge in [-0.05, 0) is 42.8 Å². The highest BCUT2D eigenvalue weighted by molar-refractivity contribution is 6.38. The quantitative estimate of drug-likeness (QED) is 0.305. The van der Waals surface area contributed by atoms with Crippen molar-refractivity contribution in [3.8, 4) is 0 Å². The van der Waals surface area contributed by atoms with Gasteiger partial charge in [0.25, 0.3) is 11.8 Å². The van der Waals surface area contributed by atoms with Crippen LogP contribution in [-0.2, 0) is 11.3 Å². The van der Waals surface area contributed by atoms with Crippen molar-refractivity contribution in [1.29, 1.82) is 0 Å². The van der Waals surface area contributed by atoms with Crippen LogP contribution < -0.4 is 4.90 Å². The lowest BCUT2D eigenvalue weighted by Gasteiger charge is -2.17. The summed E-state index contributed by atoms with van der Waals surface area (Å²) in [7, 11) is 0. The van der Waals surface area contributed by atoms with Crippen molar-refractivity contribution < 1.29 is 19.1 Å². The van der Waals surface area contributed by atoms with Gasteiger partial charge in [-0.25, -0.2) is 9.69 Å². The first-order valence-electron chi connectivity index (χ1n) is 10.2. The molecule has 0 saturated heterocycles. The summed E-state index contributed by atoms with van der Waals surface area (Å²) in [5, 5.41) is 1.18. The van der Waals surface area contributed by atoms with Gasteiger partial charge in [-0.3, -0.25) is 14.6 Å². The van der Waals surface area contributed by atoms with Crippen LogP contribution in [0.15, 0.2) is 72.8 Å². The summed E-state index contributed by atoms with van der Waals surface area (Å²) in [5.41, 5.74) is 2.71. The molecular weight excluding hydrogens is 440 g/mol. The van der Waals surface area contributed by atoms with Crippen LogP contribution in [0.5, 0.6) is 0 Å². The summed E-state index contributed by atoms with van der Waals surface area (Å²) in [6.45, 7) is 1.73. The molecular formula is C26H17ClN2O4. The van der Waals surface area contributed by atoms with Crippen molar-refractivity contribution in [1.82, 2.24) is 4.98 Å². The average Bonchev–Trinajstić information content (AvgIpc) is 3.09. The zero-order valence-electron chi connectivity index (χ0n) is 17.5. The minimum absolute atomic E-state index is 0.0279. The fourth-order valence-corrected chi connectivity index (χ4v) is 4.13. The van der Waals surface area contributed by atoms with Crippen molar-refractivity contribution in [2.24, 2.45) is 0 Å². The van der Waals surface area contributed by atoms with Gasteiger partial charge in [-0.15, -0.1) is 0 Å². The molecule has 162 valence electrons. The number of aryl methyl sites for hydroxylation is 1. The summed E-state index contributed by atoms with van der Waals surface area (Å²) < 4.78 is 5.45. The molecule has 5 rings (SSSR count). The molecule has 3 aromatic carbocycles. The lowest BCUT2D eigenvalue weighted by Crippen LogP contribution is -2.31. The Morgan fingerprint density at radius 2 is 1.58 bits per heavy atom. The number of aromatic nitrogens is 1. The van der Waals surface area contributed by atoms with Crippen molar-refractivity contribution in [2.45, 2.75) is 13.5 Å². The van der Waals surface area contributed by atoms with Gasteiger partial charge in [0.1, 0.15) is 6.61 Å². The Labute approximate surface area is 194 Å². The van der Waals surface area contributed by atoms with E-state index in [0.29, 0.717) is 27.2 Å². The average molecular weight is 457 g/mol. The molecule has 2 amide bonds. The Bertz CT molecular complexity index is 1450. The summed E-state index contributed by atoms with van der Waals surface area (Å²) in [6.07, 6.45) is 0. The number of anilines is 1. The number of halogens is 1. The van der Waals surface area contributed by atoms with Crippen LogP contribution in [0.1, 0.15) is 42.3 Å². The van der Waals surface area contributed by atoms with E-state index in [1.165, 1.54) is 6.07 Å². The highest BCUT2D eigenvalue weighted by Crippen LogP contribution is 2.35. The number of imide groups is 1. The van der Waals surface area contributed by atoms with E-state index >= 15 is 0 Å². The van der Waals surface area contributed by atoms with E-state index in [4.69, 9.17) is 16.3 Å². The molecule has 0 bridgehead atoms. The maximum Gasteiger partial charge on any atom is 0.340 e. The molecule has 0 unspecified atom stereocenters. The van der Waals surface area contributed by atoms with Gasteiger partial charge in [0.15, 0.2) is 0 Å². The maximum atomic E-state index is 13.5. The number of hydrogen-bond donors (Lipinski definition) is 0. The molecule has 1 aromatic heterocycles. The number of esters is 1. The second-order valence-electron chi connectivity index (χ2n) is 7.63. The molecule has 0 aliphatic carbocycles. The first-order chi connectivity index (χ1) is 16.0. The largest absolute Gasteiger partial charge is 0.457 e. The minimum Gasteiger partial charge on any atom is -0.457 e. The molecule has 1 aliphatic rings. The van der Waals surface area contributed by atoms with Gasteiger partial charge in [-0.1, -0.05) is 54.1 Å². The Morgan fingerprint density at radius 1 is 0.909 bits per heavy atom. The fraction of sp³-hybridized carbons (Fsp3) is 0.0769. The highest BCUT2D eigenvalue weighted by atomic mass is 35.5. The summed E-state index contributed by atoms with van der Waals surface area (Å²) >= 11 is 5.90. The van der Waals surface area contributed by atoms with E-state index in [0.717, 1.165) is 10.5 Å². The van der Waals surface area contributed by atoms with Gasteiger partial charge < -0.3 is 4.74 Å². The molecule has 4 aromatic rings. The van der Waals surface area contributed by atoms with Crippen LogP contribution in [0.4, 0.5) is 5.69 Å². The highest BCUT2D eigenvalue weighted by Gasteiger charge is 2.41. The topological polar surface area (TPSA) is 76.6 Å². The molecule has 0 N–H and O–H groups in total. The van der Waals surface area contributed by atoms with E-state index < -0.39 is 17.8 Å². The number of benzene rings is 3. The number of carbonyl (C=O) groups is 3. The van der Waals surface area contributed by atoms with E-state index in [9.17, 15) is 14.4 Å². The number of pyridine rings is 1. The molecule has 33 heavy (non-hydrogen) atoms. The van der Waals surface area contributed by atoms with E-state index in [1.54, 1.807) is 67.6 Å². The fourth-order valence-electron chi connectivity index (χ4n) is 4.00. The van der Waals surface area contributed by atoms with E-state index in [-0.39, 0.29) is 23.4 Å². The minimum atomic E-state index is -0.642. The lowest BCUT2D eigenvalue weighted by molar-refractivity contribution is 0.0474. The molecule has 1 aliphatic heterocycles. The number of amides is 2. The second-order valence-corrected chi connectivity index (χ2v) is 8.07. The van der Waals surface area contributed by atoms with Crippen LogP contribution in [-0.4, -0.2) is 22.8 Å². The molecule has 2 heterocycles. The number of nitrogens with zero attached hydrogens (tertiary/aromatic N) is 2. The molecule has 0 saturated carbocycles. The zero-order chi connectivity index (χ0) is 23.1. The lowest BCUT2D eigenvalue weighted by atomic mass is 10.0. The van der Waals surface area contributed by atoms with Crippen molar-refractivity contribution in [3.63, 3.8) is 0 Å². The number of rotatable bonds is 4. The molecule has 0 fully saturated rings. The Balaban J connectivity index is 1.51. The SMILES string of the molecule is Cc1nc2ccccc2c2c1C(=O)N(c1ccccc1C(=O)OCc1ccc(Cl)cc1)C2=O. The van der Waals surface area contributed by atoms with Crippen molar-refractivity contribution >= 4 is 46.0 Å². The van der Waals surface area contributed by atoms with E-state index in [2.05, 4.69) is 4.98 Å². The molecule has 7 heteroatoms. The Kier molecular flexibility index (Phi) is 5.15. The number of carbonyl (C=O) groups excluding carboxylic acids is 3. The van der Waals surface area contributed by atoms with Gasteiger partial charge in [0, 0.05) is 10.4 Å². The monoisotopic (exact) mass is 456 g/mol. The molecule has 0 atom stereocenters. The predicted octanol–water partition coefficient (Wildman–Crippen LogP) is 5.35. The second kappa shape index (κ2) is 8.15. The normalized spacial score (nSPS) is 12.8. The number of fused-ring (bicyclic) bond motifs is 3.